The van der Waals surface area contributed by atoms with Crippen molar-refractivity contribution >= 4 is 11.6 Å². The van der Waals surface area contributed by atoms with Gasteiger partial charge in [0.25, 0.3) is 0 Å². The third kappa shape index (κ3) is 3.27. The molecule has 1 fully saturated rings. The number of halogens is 1. The second-order valence-corrected chi connectivity index (χ2v) is 5.67. The topological polar surface area (TPSA) is 46.8 Å². The van der Waals surface area contributed by atoms with Crippen molar-refractivity contribution in [3.8, 4) is 0 Å². The Balaban J connectivity index is 1.67. The molecular formula is C16H20FN3O2. The van der Waals surface area contributed by atoms with Crippen molar-refractivity contribution in [2.75, 3.05) is 19.7 Å². The highest BCUT2D eigenvalue weighted by Gasteiger charge is 2.27. The summed E-state index contributed by atoms with van der Waals surface area (Å²) in [6.07, 6.45) is 5.12. The molecule has 1 atom stereocenters. The Kier molecular flexibility index (Phi) is 4.38. The molecule has 6 heteroatoms. The van der Waals surface area contributed by atoms with E-state index in [0.717, 1.165) is 30.7 Å². The first kappa shape index (κ1) is 15.0. The number of hydrogen-bond donors (Lipinski definition) is 0. The quantitative estimate of drug-likeness (QED) is 0.813. The molecule has 0 unspecified atom stereocenters. The summed E-state index contributed by atoms with van der Waals surface area (Å²) in [6.45, 7) is 4.56. The van der Waals surface area contributed by atoms with Gasteiger partial charge in [-0.05, 0) is 38.4 Å². The molecule has 5 nitrogen and oxygen atoms in total. The molecule has 118 valence electrons. The molecule has 0 aliphatic carbocycles. The minimum Gasteiger partial charge on any atom is -0.466 e. The van der Waals surface area contributed by atoms with Gasteiger partial charge >= 0.3 is 5.97 Å². The molecule has 0 bridgehead atoms. The van der Waals surface area contributed by atoms with E-state index in [0.29, 0.717) is 19.7 Å². The van der Waals surface area contributed by atoms with Crippen LogP contribution in [0.15, 0.2) is 24.5 Å². The highest BCUT2D eigenvalue weighted by atomic mass is 19.1. The van der Waals surface area contributed by atoms with Crippen molar-refractivity contribution in [2.45, 2.75) is 26.3 Å². The van der Waals surface area contributed by atoms with E-state index in [1.807, 2.05) is 13.1 Å². The number of nitrogens with zero attached hydrogens (tertiary/aromatic N) is 3. The van der Waals surface area contributed by atoms with Crippen molar-refractivity contribution in [1.29, 1.82) is 0 Å². The number of fused-ring (bicyclic) bond motifs is 1. The molecule has 3 rings (SSSR count). The van der Waals surface area contributed by atoms with Gasteiger partial charge in [0.05, 0.1) is 18.2 Å². The van der Waals surface area contributed by atoms with Gasteiger partial charge < -0.3 is 9.14 Å². The Hall–Kier alpha value is -1.95. The minimum absolute atomic E-state index is 0.0526. The van der Waals surface area contributed by atoms with Crippen LogP contribution in [-0.2, 0) is 16.1 Å². The van der Waals surface area contributed by atoms with E-state index in [4.69, 9.17) is 4.74 Å². The van der Waals surface area contributed by atoms with Gasteiger partial charge in [-0.2, -0.15) is 0 Å². The molecule has 2 aromatic heterocycles. The zero-order valence-electron chi connectivity index (χ0n) is 12.7. The van der Waals surface area contributed by atoms with Crippen molar-refractivity contribution < 1.29 is 13.9 Å². The summed E-state index contributed by atoms with van der Waals surface area (Å²) >= 11 is 0. The first-order valence-corrected chi connectivity index (χ1v) is 7.68. The number of hydrogen-bond acceptors (Lipinski definition) is 4. The smallest absolute Gasteiger partial charge is 0.310 e. The molecule has 0 amide bonds. The molecule has 0 saturated carbocycles. The van der Waals surface area contributed by atoms with Crippen molar-refractivity contribution in [3.05, 3.63) is 36.0 Å². The van der Waals surface area contributed by atoms with Crippen LogP contribution in [0.3, 0.4) is 0 Å². The number of carbonyl (C=O) groups is 1. The number of esters is 1. The third-order valence-corrected chi connectivity index (χ3v) is 3.98. The van der Waals surface area contributed by atoms with E-state index < -0.39 is 0 Å². The summed E-state index contributed by atoms with van der Waals surface area (Å²) in [5.41, 5.74) is 1.62. The van der Waals surface area contributed by atoms with Gasteiger partial charge in [-0.3, -0.25) is 9.69 Å². The second kappa shape index (κ2) is 6.44. The van der Waals surface area contributed by atoms with E-state index in [-0.39, 0.29) is 17.7 Å². The van der Waals surface area contributed by atoms with Gasteiger partial charge in [0.2, 0.25) is 0 Å². The van der Waals surface area contributed by atoms with Gasteiger partial charge in [0.15, 0.2) is 0 Å². The van der Waals surface area contributed by atoms with Crippen molar-refractivity contribution in [1.82, 2.24) is 14.3 Å². The van der Waals surface area contributed by atoms with Gasteiger partial charge in [-0.15, -0.1) is 0 Å². The Bertz CT molecular complexity index is 670. The Labute approximate surface area is 128 Å². The average Bonchev–Trinajstić information content (AvgIpc) is 2.89. The Morgan fingerprint density at radius 1 is 1.45 bits per heavy atom. The number of likely N-dealkylation sites (tertiary alicyclic amines) is 1. The molecule has 0 spiro atoms. The zero-order chi connectivity index (χ0) is 15.5. The van der Waals surface area contributed by atoms with Crippen molar-refractivity contribution in [2.24, 2.45) is 5.92 Å². The lowest BCUT2D eigenvalue weighted by Gasteiger charge is -2.30. The number of piperidine rings is 1. The average molecular weight is 305 g/mol. The minimum atomic E-state index is -0.281. The summed E-state index contributed by atoms with van der Waals surface area (Å²) in [5, 5.41) is 0. The number of imidazole rings is 1. The van der Waals surface area contributed by atoms with Crippen LogP contribution >= 0.6 is 0 Å². The summed E-state index contributed by atoms with van der Waals surface area (Å²) in [6, 6.07) is 3.07. The second-order valence-electron chi connectivity index (χ2n) is 5.67. The molecule has 2 aromatic rings. The van der Waals surface area contributed by atoms with Crippen LogP contribution < -0.4 is 0 Å². The van der Waals surface area contributed by atoms with E-state index in [1.165, 1.54) is 12.3 Å². The van der Waals surface area contributed by atoms with E-state index in [9.17, 15) is 9.18 Å². The summed E-state index contributed by atoms with van der Waals surface area (Å²) in [5.74, 6) is -0.441. The first-order chi connectivity index (χ1) is 10.7. The summed E-state index contributed by atoms with van der Waals surface area (Å²) in [7, 11) is 0. The van der Waals surface area contributed by atoms with Gasteiger partial charge in [-0.1, -0.05) is 0 Å². The molecular weight excluding hydrogens is 285 g/mol. The summed E-state index contributed by atoms with van der Waals surface area (Å²) < 4.78 is 20.0. The maximum absolute atomic E-state index is 13.2. The van der Waals surface area contributed by atoms with Gasteiger partial charge in [0.1, 0.15) is 11.5 Å². The number of pyridine rings is 1. The van der Waals surface area contributed by atoms with Crippen LogP contribution in [0.1, 0.15) is 25.5 Å². The number of rotatable bonds is 4. The van der Waals surface area contributed by atoms with Gasteiger partial charge in [0, 0.05) is 25.5 Å². The normalized spacial score (nSPS) is 19.5. The predicted octanol–water partition coefficient (Wildman–Crippen LogP) is 2.25. The number of ether oxygens (including phenoxy) is 1. The van der Waals surface area contributed by atoms with Crippen LogP contribution in [0.25, 0.3) is 5.65 Å². The molecule has 1 aliphatic heterocycles. The molecule has 22 heavy (non-hydrogen) atoms. The molecule has 3 heterocycles. The SMILES string of the molecule is CCOC(=O)[C@H]1CCCN(Cc2cn3cc(F)ccc3n2)C1. The van der Waals surface area contributed by atoms with Crippen LogP contribution in [0.2, 0.25) is 0 Å². The van der Waals surface area contributed by atoms with E-state index in [1.54, 1.807) is 10.5 Å². The fourth-order valence-electron chi connectivity index (χ4n) is 2.97. The lowest BCUT2D eigenvalue weighted by molar-refractivity contribution is -0.150. The van der Waals surface area contributed by atoms with Crippen LogP contribution in [0, 0.1) is 11.7 Å². The van der Waals surface area contributed by atoms with E-state index >= 15 is 0 Å². The lowest BCUT2D eigenvalue weighted by atomic mass is 9.98. The number of aromatic nitrogens is 2. The highest BCUT2D eigenvalue weighted by molar-refractivity contribution is 5.72. The Morgan fingerprint density at radius 3 is 3.14 bits per heavy atom. The Morgan fingerprint density at radius 2 is 2.32 bits per heavy atom. The van der Waals surface area contributed by atoms with Crippen LogP contribution in [-0.4, -0.2) is 40.0 Å². The fourth-order valence-corrected chi connectivity index (χ4v) is 2.97. The lowest BCUT2D eigenvalue weighted by Crippen LogP contribution is -2.39. The molecule has 1 saturated heterocycles. The fraction of sp³-hybridized carbons (Fsp3) is 0.500. The molecule has 0 aromatic carbocycles. The number of carbonyl (C=O) groups excluding carboxylic acids is 1. The standard InChI is InChI=1S/C16H20FN3O2/c1-2-22-16(21)12-4-3-7-19(8-12)10-14-11-20-9-13(17)5-6-15(20)18-14/h5-6,9,11-12H,2-4,7-8,10H2,1H3/t12-/m0/s1. The van der Waals surface area contributed by atoms with Crippen LogP contribution in [0.4, 0.5) is 4.39 Å². The zero-order valence-corrected chi connectivity index (χ0v) is 12.7. The van der Waals surface area contributed by atoms with E-state index in [2.05, 4.69) is 9.88 Å². The third-order valence-electron chi connectivity index (χ3n) is 3.98. The predicted molar refractivity (Wildman–Crippen MR) is 79.8 cm³/mol. The maximum Gasteiger partial charge on any atom is 0.310 e. The molecule has 0 radical (unpaired) electrons. The van der Waals surface area contributed by atoms with Crippen LogP contribution in [0.5, 0.6) is 0 Å². The van der Waals surface area contributed by atoms with Crippen molar-refractivity contribution in [3.63, 3.8) is 0 Å². The largest absolute Gasteiger partial charge is 0.466 e. The molecule has 0 N–H and O–H groups in total. The molecule has 1 aliphatic rings. The summed E-state index contributed by atoms with van der Waals surface area (Å²) in [4.78, 5) is 18.6. The van der Waals surface area contributed by atoms with Gasteiger partial charge in [-0.25, -0.2) is 9.37 Å². The first-order valence-electron chi connectivity index (χ1n) is 7.68. The monoisotopic (exact) mass is 305 g/mol. The highest BCUT2D eigenvalue weighted by Crippen LogP contribution is 2.20. The maximum atomic E-state index is 13.2.